The van der Waals surface area contributed by atoms with E-state index in [0.717, 1.165) is 21.6 Å². The molecular formula is C51H50N4O11. The number of carbonyl (C=O) groups is 4. The molecule has 15 nitrogen and oxygen atoms in total. The first kappa shape index (κ1) is 43.1. The third-order valence-corrected chi connectivity index (χ3v) is 13.4. The number of benzene rings is 5. The molecule has 5 aromatic carbocycles. The number of esters is 1. The second-order valence-electron chi connectivity index (χ2n) is 17.0. The van der Waals surface area contributed by atoms with Crippen LogP contribution >= 0.6 is 0 Å². The number of hydrogen-bond donors (Lipinski definition) is 1. The van der Waals surface area contributed by atoms with Crippen LogP contribution < -0.4 is 19.1 Å². The summed E-state index contributed by atoms with van der Waals surface area (Å²) in [4.78, 5) is 69.0. The Bertz CT molecular complexity index is 2610. The van der Waals surface area contributed by atoms with Crippen LogP contribution in [0.25, 0.3) is 0 Å². The molecular weight excluding hydrogens is 845 g/mol. The lowest BCUT2D eigenvalue weighted by Gasteiger charge is -2.46. The molecule has 5 aliphatic heterocycles. The maximum absolute atomic E-state index is 16.2. The molecule has 0 aromatic heterocycles. The Hall–Kier alpha value is -6.78. The topological polar surface area (TPSA) is 157 Å². The van der Waals surface area contributed by atoms with Gasteiger partial charge in [-0.25, -0.2) is 9.69 Å². The summed E-state index contributed by atoms with van der Waals surface area (Å²) in [6, 6.07) is 36.0. The number of nitrogens with zero attached hydrogens (tertiary/aromatic N) is 4. The Labute approximate surface area is 381 Å². The number of methoxy groups -OCH3 is 1. The number of carbonyl (C=O) groups excluding carboxylic acids is 4. The highest BCUT2D eigenvalue weighted by Gasteiger charge is 2.76. The zero-order chi connectivity index (χ0) is 45.4. The third-order valence-electron chi connectivity index (χ3n) is 13.4. The molecule has 5 aromatic rings. The van der Waals surface area contributed by atoms with Gasteiger partial charge in [-0.3, -0.25) is 24.2 Å². The molecule has 1 N–H and O–H groups in total. The van der Waals surface area contributed by atoms with Crippen LogP contribution in [-0.2, 0) is 40.6 Å². The lowest BCUT2D eigenvalue weighted by molar-refractivity contribution is -0.179. The van der Waals surface area contributed by atoms with Gasteiger partial charge in [0.25, 0.3) is 0 Å². The van der Waals surface area contributed by atoms with Crippen molar-refractivity contribution >= 4 is 29.6 Å². The number of ether oxygens (including phenoxy) is 6. The van der Waals surface area contributed by atoms with E-state index in [2.05, 4.69) is 4.90 Å². The summed E-state index contributed by atoms with van der Waals surface area (Å²) < 4.78 is 34.6. The van der Waals surface area contributed by atoms with Gasteiger partial charge in [-0.15, -0.1) is 0 Å². The number of amides is 3. The Morgan fingerprint density at radius 3 is 2.21 bits per heavy atom. The minimum Gasteiger partial charge on any atom is -0.491 e. The van der Waals surface area contributed by atoms with E-state index in [1.165, 1.54) is 7.11 Å². The summed E-state index contributed by atoms with van der Waals surface area (Å²) in [5.74, 6) is -1.38. The molecule has 0 unspecified atom stereocenters. The molecule has 1 spiro atoms. The van der Waals surface area contributed by atoms with Crippen molar-refractivity contribution in [2.24, 2.45) is 5.92 Å². The highest BCUT2D eigenvalue weighted by atomic mass is 16.7. The van der Waals surface area contributed by atoms with E-state index < -0.39 is 59.4 Å². The van der Waals surface area contributed by atoms with Crippen LogP contribution in [0, 0.1) is 5.92 Å². The van der Waals surface area contributed by atoms with Crippen molar-refractivity contribution in [2.45, 2.75) is 36.2 Å². The average molecular weight is 895 g/mol. The van der Waals surface area contributed by atoms with Crippen molar-refractivity contribution in [3.05, 3.63) is 155 Å². The first-order valence-corrected chi connectivity index (χ1v) is 22.2. The van der Waals surface area contributed by atoms with Gasteiger partial charge in [0.2, 0.25) is 18.6 Å². The summed E-state index contributed by atoms with van der Waals surface area (Å²) in [5.41, 5.74) is 1.84. The minimum absolute atomic E-state index is 0.00522. The SMILES string of the molecule is COCCOC(=O)N1C(=O)[C@@]2(c3ccccc31)[C@H](c1cccc(OCCO)c1)N1[C@H](c3ccccc3)[C@H](c3ccccc3)OC(=O)[C@H]1[C@@H]2C(=O)N1CCN(Cc2ccc3c(c2)OCO3)CC1. The van der Waals surface area contributed by atoms with Gasteiger partial charge >= 0.3 is 12.1 Å². The quantitative estimate of drug-likeness (QED) is 0.123. The number of para-hydroxylation sites is 1. The molecule has 3 amide bonds. The number of rotatable bonds is 12. The van der Waals surface area contributed by atoms with Crippen LogP contribution in [0.15, 0.2) is 127 Å². The van der Waals surface area contributed by atoms with Gasteiger partial charge in [-0.1, -0.05) is 97.1 Å². The van der Waals surface area contributed by atoms with Crippen molar-refractivity contribution in [3.63, 3.8) is 0 Å². The molecule has 0 radical (unpaired) electrons. The maximum atomic E-state index is 16.2. The molecule has 3 saturated heterocycles. The van der Waals surface area contributed by atoms with Crippen LogP contribution in [0.5, 0.6) is 17.2 Å². The minimum atomic E-state index is -1.91. The van der Waals surface area contributed by atoms with Crippen LogP contribution in [0.4, 0.5) is 10.5 Å². The number of anilines is 1. The van der Waals surface area contributed by atoms with Gasteiger partial charge in [-0.05, 0) is 58.1 Å². The number of cyclic esters (lactones) is 1. The largest absolute Gasteiger partial charge is 0.491 e. The summed E-state index contributed by atoms with van der Waals surface area (Å²) in [6.45, 7) is 2.15. The van der Waals surface area contributed by atoms with E-state index in [-0.39, 0.29) is 38.9 Å². The van der Waals surface area contributed by atoms with Crippen molar-refractivity contribution in [1.29, 1.82) is 0 Å². The summed E-state index contributed by atoms with van der Waals surface area (Å²) in [6.07, 6.45) is -1.81. The normalized spacial score (nSPS) is 24.5. The number of aliphatic hydroxyl groups is 1. The highest BCUT2D eigenvalue weighted by Crippen LogP contribution is 2.66. The fraction of sp³-hybridized carbons (Fsp3) is 0.333. The Balaban J connectivity index is 1.15. The smallest absolute Gasteiger partial charge is 0.421 e. The van der Waals surface area contributed by atoms with Gasteiger partial charge in [0.15, 0.2) is 11.5 Å². The van der Waals surface area contributed by atoms with E-state index in [4.69, 9.17) is 28.4 Å². The second kappa shape index (κ2) is 18.2. The van der Waals surface area contributed by atoms with Crippen molar-refractivity contribution in [1.82, 2.24) is 14.7 Å². The van der Waals surface area contributed by atoms with Gasteiger partial charge in [0.1, 0.15) is 36.5 Å². The zero-order valence-corrected chi connectivity index (χ0v) is 36.4. The second-order valence-corrected chi connectivity index (χ2v) is 17.0. The van der Waals surface area contributed by atoms with Crippen LogP contribution in [-0.4, -0.2) is 116 Å². The fourth-order valence-corrected chi connectivity index (χ4v) is 10.7. The molecule has 10 rings (SSSR count). The first-order valence-electron chi connectivity index (χ1n) is 22.2. The molecule has 3 fully saturated rings. The molecule has 15 heteroatoms. The average Bonchev–Trinajstić information content (AvgIpc) is 4.03. The Morgan fingerprint density at radius 2 is 1.45 bits per heavy atom. The maximum Gasteiger partial charge on any atom is 0.421 e. The van der Waals surface area contributed by atoms with Gasteiger partial charge in [0.05, 0.1) is 36.9 Å². The standard InChI is InChI=1S/C51H50N4O11/c1-61-27-28-63-50(60)54-39-18-9-8-17-38(39)51(49(54)59)42(47(57)53-23-21-52(22-24-53)31-33-19-20-40-41(29-33)65-32-64-40)44-48(58)66-45(35-13-6-3-7-14-35)43(34-11-4-2-5-12-34)55(44)46(51)36-15-10-16-37(30-36)62-26-25-56/h2-20,29-30,42-46,56H,21-28,31-32H2,1H3/t42-,43-,44-,45+,46+,51-/m1/s1. The predicted octanol–water partition coefficient (Wildman–Crippen LogP) is 5.58. The zero-order valence-electron chi connectivity index (χ0n) is 36.4. The lowest BCUT2D eigenvalue weighted by Crippen LogP contribution is -2.59. The fourth-order valence-electron chi connectivity index (χ4n) is 10.7. The number of hydrogen-bond acceptors (Lipinski definition) is 13. The number of piperazine rings is 1. The molecule has 0 aliphatic carbocycles. The monoisotopic (exact) mass is 894 g/mol. The van der Waals surface area contributed by atoms with Gasteiger partial charge < -0.3 is 38.4 Å². The number of fused-ring (bicyclic) bond motifs is 4. The number of morpholine rings is 1. The predicted molar refractivity (Wildman–Crippen MR) is 239 cm³/mol. The van der Waals surface area contributed by atoms with Crippen LogP contribution in [0.2, 0.25) is 0 Å². The molecule has 0 saturated carbocycles. The highest BCUT2D eigenvalue weighted by molar-refractivity contribution is 6.23. The summed E-state index contributed by atoms with van der Waals surface area (Å²) >= 11 is 0. The molecule has 5 heterocycles. The lowest BCUT2D eigenvalue weighted by atomic mass is 9.65. The van der Waals surface area contributed by atoms with E-state index in [9.17, 15) is 9.90 Å². The summed E-state index contributed by atoms with van der Waals surface area (Å²) in [5, 5.41) is 9.76. The molecule has 0 bridgehead atoms. The van der Waals surface area contributed by atoms with Crippen LogP contribution in [0.1, 0.15) is 46.0 Å². The van der Waals surface area contributed by atoms with E-state index >= 15 is 14.4 Å². The van der Waals surface area contributed by atoms with Crippen molar-refractivity contribution in [2.75, 3.05) is 71.4 Å². The number of aliphatic hydroxyl groups excluding tert-OH is 1. The molecule has 6 atom stereocenters. The Morgan fingerprint density at radius 1 is 0.742 bits per heavy atom. The van der Waals surface area contributed by atoms with Gasteiger partial charge in [0, 0.05) is 39.8 Å². The van der Waals surface area contributed by atoms with E-state index in [1.54, 1.807) is 47.4 Å². The molecule has 340 valence electrons. The molecule has 5 aliphatic rings. The first-order chi connectivity index (χ1) is 32.3. The van der Waals surface area contributed by atoms with Crippen molar-refractivity contribution in [3.8, 4) is 17.2 Å². The Kier molecular flexibility index (Phi) is 11.9. The van der Waals surface area contributed by atoms with E-state index in [1.807, 2.05) is 89.8 Å². The summed E-state index contributed by atoms with van der Waals surface area (Å²) in [7, 11) is 1.48. The number of imide groups is 1. The van der Waals surface area contributed by atoms with Crippen molar-refractivity contribution < 1.29 is 52.7 Å². The van der Waals surface area contributed by atoms with E-state index in [0.29, 0.717) is 61.1 Å². The van der Waals surface area contributed by atoms with Crippen LogP contribution in [0.3, 0.4) is 0 Å². The third kappa shape index (κ3) is 7.41. The van der Waals surface area contributed by atoms with Gasteiger partial charge in [-0.2, -0.15) is 0 Å². The molecule has 66 heavy (non-hydrogen) atoms.